The van der Waals surface area contributed by atoms with Crippen LogP contribution in [-0.4, -0.2) is 17.6 Å². The number of nitrogens with one attached hydrogen (secondary N) is 1. The number of phenolic OH excluding ortho intramolecular Hbond substituents is 1. The minimum absolute atomic E-state index is 0.00844. The van der Waals surface area contributed by atoms with Gasteiger partial charge in [-0.3, -0.25) is 4.79 Å². The SMILES string of the molecule is CCOc1ccc(NC(=O)/C(C#N)=C\c2ccccc2O)cc1. The normalized spacial score (nSPS) is 10.7. The van der Waals surface area contributed by atoms with Gasteiger partial charge in [0.15, 0.2) is 0 Å². The number of anilines is 1. The molecule has 0 fully saturated rings. The van der Waals surface area contributed by atoms with Gasteiger partial charge in [0.1, 0.15) is 23.1 Å². The minimum Gasteiger partial charge on any atom is -0.507 e. The molecule has 2 aromatic carbocycles. The van der Waals surface area contributed by atoms with Crippen molar-refractivity contribution in [3.8, 4) is 17.6 Å². The molecule has 0 aliphatic carbocycles. The summed E-state index contributed by atoms with van der Waals surface area (Å²) >= 11 is 0. The minimum atomic E-state index is -0.542. The average Bonchev–Trinajstić information content (AvgIpc) is 2.56. The van der Waals surface area contributed by atoms with Gasteiger partial charge in [-0.25, -0.2) is 0 Å². The molecule has 0 saturated carbocycles. The fourth-order valence-corrected chi connectivity index (χ4v) is 1.91. The molecule has 0 bridgehead atoms. The summed E-state index contributed by atoms with van der Waals surface area (Å²) in [4.78, 5) is 12.2. The van der Waals surface area contributed by atoms with Crippen LogP contribution < -0.4 is 10.1 Å². The molecule has 23 heavy (non-hydrogen) atoms. The van der Waals surface area contributed by atoms with E-state index in [0.29, 0.717) is 23.6 Å². The molecule has 116 valence electrons. The third kappa shape index (κ3) is 4.35. The molecular formula is C18H16N2O3. The van der Waals surface area contributed by atoms with Crippen molar-refractivity contribution in [2.45, 2.75) is 6.92 Å². The van der Waals surface area contributed by atoms with Gasteiger partial charge < -0.3 is 15.2 Å². The van der Waals surface area contributed by atoms with Crippen molar-refractivity contribution >= 4 is 17.7 Å². The third-order valence-electron chi connectivity index (χ3n) is 3.02. The van der Waals surface area contributed by atoms with Crippen molar-refractivity contribution in [1.29, 1.82) is 5.26 Å². The molecule has 0 aliphatic heterocycles. The van der Waals surface area contributed by atoms with Gasteiger partial charge in [-0.1, -0.05) is 18.2 Å². The summed E-state index contributed by atoms with van der Waals surface area (Å²) in [5.41, 5.74) is 0.864. The van der Waals surface area contributed by atoms with Crippen molar-refractivity contribution < 1.29 is 14.6 Å². The highest BCUT2D eigenvalue weighted by atomic mass is 16.5. The van der Waals surface area contributed by atoms with E-state index < -0.39 is 5.91 Å². The molecule has 1 amide bonds. The van der Waals surface area contributed by atoms with Gasteiger partial charge in [-0.2, -0.15) is 5.26 Å². The fraction of sp³-hybridized carbons (Fsp3) is 0.111. The highest BCUT2D eigenvalue weighted by molar-refractivity contribution is 6.09. The quantitative estimate of drug-likeness (QED) is 0.655. The molecular weight excluding hydrogens is 292 g/mol. The molecule has 2 aromatic rings. The zero-order valence-electron chi connectivity index (χ0n) is 12.6. The van der Waals surface area contributed by atoms with Crippen molar-refractivity contribution in [2.75, 3.05) is 11.9 Å². The number of hydrogen-bond acceptors (Lipinski definition) is 4. The molecule has 0 saturated heterocycles. The van der Waals surface area contributed by atoms with Crippen molar-refractivity contribution in [2.24, 2.45) is 0 Å². The van der Waals surface area contributed by atoms with Crippen LogP contribution in [0.25, 0.3) is 6.08 Å². The van der Waals surface area contributed by atoms with Gasteiger partial charge in [0.25, 0.3) is 5.91 Å². The predicted octanol–water partition coefficient (Wildman–Crippen LogP) is 3.34. The second kappa shape index (κ2) is 7.66. The summed E-state index contributed by atoms with van der Waals surface area (Å²) in [5, 5.41) is 21.5. The van der Waals surface area contributed by atoms with Gasteiger partial charge in [0.2, 0.25) is 0 Å². The van der Waals surface area contributed by atoms with E-state index in [0.717, 1.165) is 0 Å². The lowest BCUT2D eigenvalue weighted by Gasteiger charge is -2.07. The highest BCUT2D eigenvalue weighted by Crippen LogP contribution is 2.20. The number of carbonyl (C=O) groups excluding carboxylic acids is 1. The lowest BCUT2D eigenvalue weighted by molar-refractivity contribution is -0.112. The molecule has 5 nitrogen and oxygen atoms in total. The number of ether oxygens (including phenoxy) is 1. The lowest BCUT2D eigenvalue weighted by Crippen LogP contribution is -2.13. The summed E-state index contributed by atoms with van der Waals surface area (Å²) in [6.07, 6.45) is 1.35. The van der Waals surface area contributed by atoms with Crippen LogP contribution in [0, 0.1) is 11.3 Å². The van der Waals surface area contributed by atoms with E-state index in [-0.39, 0.29) is 11.3 Å². The smallest absolute Gasteiger partial charge is 0.266 e. The number of hydrogen-bond donors (Lipinski definition) is 2. The van der Waals surface area contributed by atoms with Crippen LogP contribution in [-0.2, 0) is 4.79 Å². The number of carbonyl (C=O) groups is 1. The van der Waals surface area contributed by atoms with Crippen molar-refractivity contribution in [1.82, 2.24) is 0 Å². The number of aromatic hydroxyl groups is 1. The summed E-state index contributed by atoms with van der Waals surface area (Å²) in [7, 11) is 0. The van der Waals surface area contributed by atoms with E-state index in [4.69, 9.17) is 10.00 Å². The van der Waals surface area contributed by atoms with Gasteiger partial charge in [-0.05, 0) is 43.3 Å². The Morgan fingerprint density at radius 2 is 1.96 bits per heavy atom. The van der Waals surface area contributed by atoms with Crippen LogP contribution in [0.15, 0.2) is 54.1 Å². The molecule has 0 aliphatic rings. The van der Waals surface area contributed by atoms with E-state index >= 15 is 0 Å². The summed E-state index contributed by atoms with van der Waals surface area (Å²) in [6.45, 7) is 2.45. The Morgan fingerprint density at radius 3 is 2.57 bits per heavy atom. The number of nitrogens with zero attached hydrogens (tertiary/aromatic N) is 1. The second-order valence-electron chi connectivity index (χ2n) is 4.64. The fourth-order valence-electron chi connectivity index (χ4n) is 1.91. The summed E-state index contributed by atoms with van der Waals surface area (Å²) in [5.74, 6) is 0.171. The van der Waals surface area contributed by atoms with Crippen LogP contribution in [0.1, 0.15) is 12.5 Å². The molecule has 0 radical (unpaired) electrons. The first-order valence-electron chi connectivity index (χ1n) is 7.08. The van der Waals surface area contributed by atoms with Crippen molar-refractivity contribution in [3.05, 3.63) is 59.7 Å². The number of para-hydroxylation sites is 1. The number of nitriles is 1. The van der Waals surface area contributed by atoms with E-state index in [9.17, 15) is 9.90 Å². The van der Waals surface area contributed by atoms with Crippen LogP contribution >= 0.6 is 0 Å². The van der Waals surface area contributed by atoms with Crippen molar-refractivity contribution in [3.63, 3.8) is 0 Å². The molecule has 0 atom stereocenters. The Bertz CT molecular complexity index is 759. The Morgan fingerprint density at radius 1 is 1.26 bits per heavy atom. The average molecular weight is 308 g/mol. The van der Waals surface area contributed by atoms with Gasteiger partial charge >= 0.3 is 0 Å². The molecule has 2 rings (SSSR count). The first kappa shape index (κ1) is 16.1. The second-order valence-corrected chi connectivity index (χ2v) is 4.64. The van der Waals surface area contributed by atoms with E-state index in [1.165, 1.54) is 12.1 Å². The monoisotopic (exact) mass is 308 g/mol. The molecule has 0 aromatic heterocycles. The summed E-state index contributed by atoms with van der Waals surface area (Å²) < 4.78 is 5.32. The third-order valence-corrected chi connectivity index (χ3v) is 3.02. The Hall–Kier alpha value is -3.26. The molecule has 0 spiro atoms. The largest absolute Gasteiger partial charge is 0.507 e. The summed E-state index contributed by atoms with van der Waals surface area (Å²) in [6, 6.07) is 15.2. The molecule has 2 N–H and O–H groups in total. The lowest BCUT2D eigenvalue weighted by atomic mass is 10.1. The van der Waals surface area contributed by atoms with E-state index in [2.05, 4.69) is 5.32 Å². The van der Waals surface area contributed by atoms with Crippen LogP contribution in [0.4, 0.5) is 5.69 Å². The van der Waals surface area contributed by atoms with Crippen LogP contribution in [0.5, 0.6) is 11.5 Å². The molecule has 0 heterocycles. The number of phenols is 1. The predicted molar refractivity (Wildman–Crippen MR) is 87.9 cm³/mol. The highest BCUT2D eigenvalue weighted by Gasteiger charge is 2.10. The maximum atomic E-state index is 12.2. The van der Waals surface area contributed by atoms with Gasteiger partial charge in [0, 0.05) is 11.3 Å². The first-order valence-corrected chi connectivity index (χ1v) is 7.08. The maximum absolute atomic E-state index is 12.2. The first-order chi connectivity index (χ1) is 11.1. The van der Waals surface area contributed by atoms with Gasteiger partial charge in [-0.15, -0.1) is 0 Å². The zero-order valence-corrected chi connectivity index (χ0v) is 12.6. The maximum Gasteiger partial charge on any atom is 0.266 e. The van der Waals surface area contributed by atoms with Gasteiger partial charge in [0.05, 0.1) is 6.61 Å². The number of rotatable bonds is 5. The number of benzene rings is 2. The van der Waals surface area contributed by atoms with Crippen LogP contribution in [0.2, 0.25) is 0 Å². The van der Waals surface area contributed by atoms with Crippen LogP contribution in [0.3, 0.4) is 0 Å². The number of amides is 1. The Balaban J connectivity index is 2.14. The molecule has 0 unspecified atom stereocenters. The topological polar surface area (TPSA) is 82.3 Å². The molecule has 5 heteroatoms. The zero-order chi connectivity index (χ0) is 16.7. The van der Waals surface area contributed by atoms with E-state index in [1.54, 1.807) is 42.5 Å². The Labute approximate surface area is 134 Å². The standard InChI is InChI=1S/C18H16N2O3/c1-2-23-16-9-7-15(8-10-16)20-18(22)14(12-19)11-13-5-3-4-6-17(13)21/h3-11,21H,2H2,1H3,(H,20,22)/b14-11-. The Kier molecular flexibility index (Phi) is 5.37. The van der Waals surface area contributed by atoms with E-state index in [1.807, 2.05) is 13.0 Å².